The first-order valence-electron chi connectivity index (χ1n) is 10.4. The van der Waals surface area contributed by atoms with E-state index in [-0.39, 0.29) is 24.8 Å². The summed E-state index contributed by atoms with van der Waals surface area (Å²) >= 11 is 5.43. The fourth-order valence-corrected chi connectivity index (χ4v) is 3.69. The third-order valence-corrected chi connectivity index (χ3v) is 5.67. The van der Waals surface area contributed by atoms with Gasteiger partial charge in [0.25, 0.3) is 0 Å². The predicted molar refractivity (Wildman–Crippen MR) is 127 cm³/mol. The Labute approximate surface area is 197 Å². The van der Waals surface area contributed by atoms with E-state index in [1.54, 1.807) is 49.2 Å². The minimum absolute atomic E-state index is 0.108. The molecule has 0 spiro atoms. The molecule has 0 radical (unpaired) electrons. The summed E-state index contributed by atoms with van der Waals surface area (Å²) in [4.78, 5) is 27.1. The number of allylic oxidation sites excluding steroid dienone is 1. The normalized spacial score (nSPS) is 15.8. The first-order chi connectivity index (χ1) is 15.8. The topological polar surface area (TPSA) is 79.9 Å². The van der Waals surface area contributed by atoms with Crippen LogP contribution in [0.25, 0.3) is 0 Å². The molecule has 1 atom stereocenters. The first-order valence-corrected chi connectivity index (χ1v) is 10.8. The van der Waals surface area contributed by atoms with Gasteiger partial charge in [0, 0.05) is 25.5 Å². The number of anilines is 1. The van der Waals surface area contributed by atoms with Gasteiger partial charge in [-0.25, -0.2) is 9.18 Å². The summed E-state index contributed by atoms with van der Waals surface area (Å²) in [6.45, 7) is 2.23. The van der Waals surface area contributed by atoms with Gasteiger partial charge in [0.2, 0.25) is 5.91 Å². The molecule has 0 saturated heterocycles. The highest BCUT2D eigenvalue weighted by Crippen LogP contribution is 2.32. The van der Waals surface area contributed by atoms with Gasteiger partial charge < -0.3 is 25.0 Å². The van der Waals surface area contributed by atoms with E-state index < -0.39 is 12.0 Å². The van der Waals surface area contributed by atoms with Crippen LogP contribution in [-0.2, 0) is 25.5 Å². The number of carbonyl (C=O) groups is 2. The molecule has 1 amide bonds. The van der Waals surface area contributed by atoms with Gasteiger partial charge in [-0.2, -0.15) is 0 Å². The van der Waals surface area contributed by atoms with Crippen LogP contribution in [0.4, 0.5) is 10.1 Å². The molecule has 0 fully saturated rings. The molecule has 1 heterocycles. The second-order valence-corrected chi connectivity index (χ2v) is 7.93. The van der Waals surface area contributed by atoms with Crippen molar-refractivity contribution in [3.63, 3.8) is 0 Å². The zero-order valence-corrected chi connectivity index (χ0v) is 19.5. The molecule has 2 aromatic rings. The summed E-state index contributed by atoms with van der Waals surface area (Å²) in [6.07, 6.45) is 0.108. The van der Waals surface area contributed by atoms with Crippen LogP contribution in [0.3, 0.4) is 0 Å². The minimum atomic E-state index is -0.544. The minimum Gasteiger partial charge on any atom is -0.460 e. The fourth-order valence-electron chi connectivity index (χ4n) is 3.43. The lowest BCUT2D eigenvalue weighted by Gasteiger charge is -2.35. The molecule has 0 unspecified atom stereocenters. The van der Waals surface area contributed by atoms with Crippen molar-refractivity contribution < 1.29 is 23.5 Å². The highest BCUT2D eigenvalue weighted by atomic mass is 32.1. The van der Waals surface area contributed by atoms with Crippen LogP contribution < -0.4 is 10.6 Å². The van der Waals surface area contributed by atoms with E-state index in [0.717, 1.165) is 5.56 Å². The van der Waals surface area contributed by atoms with Crippen LogP contribution in [0.15, 0.2) is 59.8 Å². The van der Waals surface area contributed by atoms with Crippen LogP contribution in [0.2, 0.25) is 0 Å². The van der Waals surface area contributed by atoms with Crippen molar-refractivity contribution in [2.45, 2.75) is 19.4 Å². The Bertz CT molecular complexity index is 1070. The molecular weight excluding hydrogens is 445 g/mol. The predicted octanol–water partition coefficient (Wildman–Crippen LogP) is 3.33. The molecule has 33 heavy (non-hydrogen) atoms. The Balaban J connectivity index is 1.81. The molecule has 0 bridgehead atoms. The summed E-state index contributed by atoms with van der Waals surface area (Å²) in [7, 11) is 3.31. The van der Waals surface area contributed by atoms with Crippen LogP contribution in [-0.4, -0.2) is 49.3 Å². The van der Waals surface area contributed by atoms with Crippen LogP contribution in [0.1, 0.15) is 24.1 Å². The van der Waals surface area contributed by atoms with Gasteiger partial charge in [-0.15, -0.1) is 0 Å². The van der Waals surface area contributed by atoms with Crippen LogP contribution in [0.5, 0.6) is 0 Å². The average Bonchev–Trinajstić information content (AvgIpc) is 2.79. The molecule has 9 heteroatoms. The lowest BCUT2D eigenvalue weighted by molar-refractivity contribution is -0.140. The van der Waals surface area contributed by atoms with Crippen molar-refractivity contribution in [2.24, 2.45) is 0 Å². The fraction of sp³-hybridized carbons (Fsp3) is 0.292. The Morgan fingerprint density at radius 2 is 1.91 bits per heavy atom. The van der Waals surface area contributed by atoms with E-state index in [4.69, 9.17) is 21.7 Å². The number of thiocarbonyl (C=S) groups is 1. The Morgan fingerprint density at radius 3 is 2.61 bits per heavy atom. The third-order valence-electron chi connectivity index (χ3n) is 5.28. The summed E-state index contributed by atoms with van der Waals surface area (Å²) < 4.78 is 23.4. The summed E-state index contributed by atoms with van der Waals surface area (Å²) in [5, 5.41) is 6.50. The molecule has 2 aromatic carbocycles. The highest BCUT2D eigenvalue weighted by Gasteiger charge is 2.33. The second-order valence-electron chi connectivity index (χ2n) is 7.55. The van der Waals surface area contributed by atoms with E-state index in [1.165, 1.54) is 19.2 Å². The van der Waals surface area contributed by atoms with Crippen molar-refractivity contribution in [1.29, 1.82) is 0 Å². The van der Waals surface area contributed by atoms with Crippen molar-refractivity contribution in [2.75, 3.05) is 32.7 Å². The van der Waals surface area contributed by atoms with Crippen molar-refractivity contribution in [3.05, 3.63) is 76.7 Å². The number of methoxy groups -OCH3 is 1. The lowest BCUT2D eigenvalue weighted by atomic mass is 9.95. The SMILES string of the molecule is COCCOC(=O)C1=C(C)N(C)C(=S)N[C@H]1c1cccc(NC(=O)Cc2ccc(F)cc2)c1. The number of hydrogen-bond donors (Lipinski definition) is 2. The van der Waals surface area contributed by atoms with Gasteiger partial charge in [-0.1, -0.05) is 24.3 Å². The number of esters is 1. The van der Waals surface area contributed by atoms with E-state index in [2.05, 4.69) is 10.6 Å². The van der Waals surface area contributed by atoms with Gasteiger partial charge >= 0.3 is 5.97 Å². The average molecular weight is 472 g/mol. The third kappa shape index (κ3) is 6.15. The van der Waals surface area contributed by atoms with Crippen molar-refractivity contribution >= 4 is 34.9 Å². The monoisotopic (exact) mass is 471 g/mol. The van der Waals surface area contributed by atoms with E-state index in [9.17, 15) is 14.0 Å². The maximum Gasteiger partial charge on any atom is 0.338 e. The molecule has 2 N–H and O–H groups in total. The number of ether oxygens (including phenoxy) is 2. The van der Waals surface area contributed by atoms with Gasteiger partial charge in [-0.05, 0) is 54.5 Å². The Hall–Kier alpha value is -3.30. The van der Waals surface area contributed by atoms with Crippen molar-refractivity contribution in [1.82, 2.24) is 10.2 Å². The van der Waals surface area contributed by atoms with Gasteiger partial charge in [0.1, 0.15) is 12.4 Å². The van der Waals surface area contributed by atoms with Gasteiger partial charge in [0.15, 0.2) is 5.11 Å². The second kappa shape index (κ2) is 11.0. The zero-order valence-electron chi connectivity index (χ0n) is 18.7. The number of nitrogens with one attached hydrogen (secondary N) is 2. The van der Waals surface area contributed by atoms with Gasteiger partial charge in [0.05, 0.1) is 24.6 Å². The Morgan fingerprint density at radius 1 is 1.18 bits per heavy atom. The largest absolute Gasteiger partial charge is 0.460 e. The van der Waals surface area contributed by atoms with E-state index in [0.29, 0.717) is 34.2 Å². The first kappa shape index (κ1) is 24.3. The molecule has 7 nitrogen and oxygen atoms in total. The maximum absolute atomic E-state index is 13.1. The number of hydrogen-bond acceptors (Lipinski definition) is 5. The van der Waals surface area contributed by atoms with Crippen molar-refractivity contribution in [3.8, 4) is 0 Å². The van der Waals surface area contributed by atoms with Gasteiger partial charge in [-0.3, -0.25) is 4.79 Å². The quantitative estimate of drug-likeness (QED) is 0.347. The molecule has 0 saturated carbocycles. The molecule has 1 aliphatic rings. The standard InChI is InChI=1S/C24H26FN3O4S/c1-15-21(23(30)32-12-11-31-3)22(27-24(33)28(15)2)17-5-4-6-19(14-17)26-20(29)13-16-7-9-18(25)10-8-16/h4-10,14,22H,11-13H2,1-3H3,(H,26,29)(H,27,33)/t22-/m0/s1. The molecule has 0 aromatic heterocycles. The number of rotatable bonds is 8. The number of nitrogens with zero attached hydrogens (tertiary/aromatic N) is 1. The summed E-state index contributed by atoms with van der Waals surface area (Å²) in [5.41, 5.74) is 3.11. The summed E-state index contributed by atoms with van der Waals surface area (Å²) in [6, 6.07) is 12.4. The number of amides is 1. The smallest absolute Gasteiger partial charge is 0.338 e. The molecule has 1 aliphatic heterocycles. The highest BCUT2D eigenvalue weighted by molar-refractivity contribution is 7.80. The van der Waals surface area contributed by atoms with Crippen LogP contribution in [0, 0.1) is 5.82 Å². The zero-order chi connectivity index (χ0) is 24.0. The summed E-state index contributed by atoms with van der Waals surface area (Å²) in [5.74, 6) is -1.06. The maximum atomic E-state index is 13.1. The number of halogens is 1. The molecule has 0 aliphatic carbocycles. The molecule has 174 valence electrons. The molecule has 3 rings (SSSR count). The van der Waals surface area contributed by atoms with E-state index in [1.807, 2.05) is 6.07 Å². The molecular formula is C24H26FN3O4S. The van der Waals surface area contributed by atoms with Crippen LogP contribution >= 0.6 is 12.2 Å². The number of benzene rings is 2. The van der Waals surface area contributed by atoms with E-state index >= 15 is 0 Å². The number of carbonyl (C=O) groups excluding carboxylic acids is 2. The Kier molecular flexibility index (Phi) is 8.13. The lowest BCUT2D eigenvalue weighted by Crippen LogP contribution is -2.46.